The van der Waals surface area contributed by atoms with Crippen LogP contribution in [-0.2, 0) is 4.79 Å². The van der Waals surface area contributed by atoms with Crippen LogP contribution < -0.4 is 10.6 Å². The molecule has 1 atom stereocenters. The van der Waals surface area contributed by atoms with E-state index in [4.69, 9.17) is 5.11 Å². The fraction of sp³-hybridized carbons (Fsp3) is 0.375. The number of aliphatic hydroxyl groups excluding tert-OH is 1. The van der Waals surface area contributed by atoms with Crippen molar-refractivity contribution in [3.8, 4) is 11.8 Å². The molecule has 5 heteroatoms. The van der Waals surface area contributed by atoms with Crippen LogP contribution >= 0.6 is 0 Å². The lowest BCUT2D eigenvalue weighted by Crippen LogP contribution is -2.46. The third-order valence-corrected chi connectivity index (χ3v) is 2.63. The normalized spacial score (nSPS) is 11.3. The maximum absolute atomic E-state index is 12.0. The van der Waals surface area contributed by atoms with Crippen molar-refractivity contribution >= 4 is 11.8 Å². The van der Waals surface area contributed by atoms with E-state index in [1.165, 1.54) is 0 Å². The van der Waals surface area contributed by atoms with Gasteiger partial charge in [-0.2, -0.15) is 0 Å². The van der Waals surface area contributed by atoms with Gasteiger partial charge in [-0.15, -0.1) is 0 Å². The van der Waals surface area contributed by atoms with Crippen molar-refractivity contribution in [2.24, 2.45) is 0 Å². The Balaban J connectivity index is 2.65. The highest BCUT2D eigenvalue weighted by atomic mass is 16.2. The quantitative estimate of drug-likeness (QED) is 0.713. The van der Waals surface area contributed by atoms with Crippen LogP contribution in [0.25, 0.3) is 0 Å². The van der Waals surface area contributed by atoms with Gasteiger partial charge in [-0.05, 0) is 45.0 Å². The number of amides is 2. The molecule has 0 heterocycles. The molecule has 1 aromatic rings. The lowest BCUT2D eigenvalue weighted by Gasteiger charge is -2.16. The standard InChI is InChI=1S/C16H20N2O3/c1-11(2)17-15(20)12(3)18-16(21)14-8-6-13(7-9-14)5-4-10-19/h6-9,11-12,19H,10H2,1-3H3,(H,17,20)(H,18,21). The number of carbonyl (C=O) groups is 2. The first-order valence-corrected chi connectivity index (χ1v) is 6.75. The smallest absolute Gasteiger partial charge is 0.251 e. The molecular weight excluding hydrogens is 268 g/mol. The summed E-state index contributed by atoms with van der Waals surface area (Å²) in [5, 5.41) is 14.0. The van der Waals surface area contributed by atoms with Crippen LogP contribution in [0.4, 0.5) is 0 Å². The van der Waals surface area contributed by atoms with Gasteiger partial charge in [-0.25, -0.2) is 0 Å². The van der Waals surface area contributed by atoms with Crippen molar-refractivity contribution in [3.63, 3.8) is 0 Å². The fourth-order valence-electron chi connectivity index (χ4n) is 1.60. The molecule has 0 aliphatic rings. The van der Waals surface area contributed by atoms with Crippen LogP contribution in [0.15, 0.2) is 24.3 Å². The highest BCUT2D eigenvalue weighted by Crippen LogP contribution is 2.04. The molecule has 21 heavy (non-hydrogen) atoms. The third kappa shape index (κ3) is 5.67. The average molecular weight is 288 g/mol. The fourth-order valence-corrected chi connectivity index (χ4v) is 1.60. The molecule has 0 saturated heterocycles. The lowest BCUT2D eigenvalue weighted by molar-refractivity contribution is -0.123. The maximum atomic E-state index is 12.0. The molecule has 112 valence electrons. The van der Waals surface area contributed by atoms with Crippen LogP contribution in [0.2, 0.25) is 0 Å². The molecule has 5 nitrogen and oxygen atoms in total. The minimum atomic E-state index is -0.603. The van der Waals surface area contributed by atoms with Gasteiger partial charge in [-0.3, -0.25) is 9.59 Å². The second-order valence-corrected chi connectivity index (χ2v) is 4.90. The topological polar surface area (TPSA) is 78.4 Å². The van der Waals surface area contributed by atoms with Gasteiger partial charge >= 0.3 is 0 Å². The highest BCUT2D eigenvalue weighted by Gasteiger charge is 2.16. The summed E-state index contributed by atoms with van der Waals surface area (Å²) in [5.74, 6) is 4.74. The SMILES string of the molecule is CC(C)NC(=O)C(C)NC(=O)c1ccc(C#CCO)cc1. The molecule has 0 bridgehead atoms. The summed E-state index contributed by atoms with van der Waals surface area (Å²) in [6.07, 6.45) is 0. The minimum absolute atomic E-state index is 0.0289. The van der Waals surface area contributed by atoms with E-state index in [0.29, 0.717) is 11.1 Å². The Morgan fingerprint density at radius 3 is 2.29 bits per heavy atom. The van der Waals surface area contributed by atoms with E-state index in [1.54, 1.807) is 31.2 Å². The van der Waals surface area contributed by atoms with Gasteiger partial charge < -0.3 is 15.7 Å². The van der Waals surface area contributed by atoms with Crippen molar-refractivity contribution < 1.29 is 14.7 Å². The van der Waals surface area contributed by atoms with E-state index < -0.39 is 6.04 Å². The predicted octanol–water partition coefficient (Wildman–Crippen LogP) is 0.673. The van der Waals surface area contributed by atoms with E-state index in [0.717, 1.165) is 0 Å². The number of benzene rings is 1. The Hall–Kier alpha value is -2.32. The number of aliphatic hydroxyl groups is 1. The molecule has 0 radical (unpaired) electrons. The summed E-state index contributed by atoms with van der Waals surface area (Å²) in [7, 11) is 0. The summed E-state index contributed by atoms with van der Waals surface area (Å²) < 4.78 is 0. The molecular formula is C16H20N2O3. The number of hydrogen-bond acceptors (Lipinski definition) is 3. The van der Waals surface area contributed by atoms with E-state index in [9.17, 15) is 9.59 Å². The zero-order valence-corrected chi connectivity index (χ0v) is 12.4. The Kier molecular flexibility index (Phi) is 6.44. The number of carbonyl (C=O) groups excluding carboxylic acids is 2. The zero-order chi connectivity index (χ0) is 15.8. The Morgan fingerprint density at radius 1 is 1.14 bits per heavy atom. The van der Waals surface area contributed by atoms with Gasteiger partial charge in [0, 0.05) is 17.2 Å². The van der Waals surface area contributed by atoms with Gasteiger partial charge in [0.15, 0.2) is 0 Å². The van der Waals surface area contributed by atoms with E-state index >= 15 is 0 Å². The first kappa shape index (κ1) is 16.7. The number of rotatable bonds is 4. The van der Waals surface area contributed by atoms with Gasteiger partial charge in [0.2, 0.25) is 5.91 Å². The molecule has 0 aliphatic heterocycles. The molecule has 0 fully saturated rings. The summed E-state index contributed by atoms with van der Waals surface area (Å²) in [6, 6.07) is 6.07. The largest absolute Gasteiger partial charge is 0.384 e. The molecule has 0 aromatic heterocycles. The van der Waals surface area contributed by atoms with E-state index in [-0.39, 0.29) is 24.5 Å². The molecule has 1 aromatic carbocycles. The van der Waals surface area contributed by atoms with E-state index in [2.05, 4.69) is 22.5 Å². The van der Waals surface area contributed by atoms with Crippen LogP contribution in [0, 0.1) is 11.8 Å². The molecule has 3 N–H and O–H groups in total. The van der Waals surface area contributed by atoms with Gasteiger partial charge in [0.25, 0.3) is 5.91 Å². The molecule has 0 saturated carbocycles. The van der Waals surface area contributed by atoms with Crippen molar-refractivity contribution in [2.45, 2.75) is 32.9 Å². The predicted molar refractivity (Wildman–Crippen MR) is 80.6 cm³/mol. The molecule has 1 rings (SSSR count). The van der Waals surface area contributed by atoms with Crippen LogP contribution in [0.3, 0.4) is 0 Å². The molecule has 0 aliphatic carbocycles. The maximum Gasteiger partial charge on any atom is 0.251 e. The van der Waals surface area contributed by atoms with Crippen molar-refractivity contribution in [1.29, 1.82) is 0 Å². The van der Waals surface area contributed by atoms with Gasteiger partial charge in [0.05, 0.1) is 0 Å². The Morgan fingerprint density at radius 2 is 1.76 bits per heavy atom. The third-order valence-electron chi connectivity index (χ3n) is 2.63. The average Bonchev–Trinajstić information content (AvgIpc) is 2.44. The Bertz CT molecular complexity index is 553. The van der Waals surface area contributed by atoms with Crippen molar-refractivity contribution in [2.75, 3.05) is 6.61 Å². The van der Waals surface area contributed by atoms with E-state index in [1.807, 2.05) is 13.8 Å². The second-order valence-electron chi connectivity index (χ2n) is 4.90. The molecule has 0 spiro atoms. The Labute approximate surface area is 124 Å². The number of nitrogens with one attached hydrogen (secondary N) is 2. The molecule has 2 amide bonds. The van der Waals surface area contributed by atoms with Crippen LogP contribution in [0.5, 0.6) is 0 Å². The zero-order valence-electron chi connectivity index (χ0n) is 12.4. The monoisotopic (exact) mass is 288 g/mol. The minimum Gasteiger partial charge on any atom is -0.384 e. The summed E-state index contributed by atoms with van der Waals surface area (Å²) >= 11 is 0. The van der Waals surface area contributed by atoms with Crippen molar-refractivity contribution in [3.05, 3.63) is 35.4 Å². The van der Waals surface area contributed by atoms with Crippen molar-refractivity contribution in [1.82, 2.24) is 10.6 Å². The van der Waals surface area contributed by atoms with Gasteiger partial charge in [0.1, 0.15) is 12.6 Å². The van der Waals surface area contributed by atoms with Crippen LogP contribution in [-0.4, -0.2) is 35.6 Å². The molecule has 1 unspecified atom stereocenters. The summed E-state index contributed by atoms with van der Waals surface area (Å²) in [5.41, 5.74) is 1.17. The second kappa shape index (κ2) is 8.08. The van der Waals surface area contributed by atoms with Gasteiger partial charge in [-0.1, -0.05) is 11.8 Å². The highest BCUT2D eigenvalue weighted by molar-refractivity contribution is 5.97. The number of hydrogen-bond donors (Lipinski definition) is 3. The lowest BCUT2D eigenvalue weighted by atomic mass is 10.1. The summed E-state index contributed by atoms with van der Waals surface area (Å²) in [4.78, 5) is 23.7. The van der Waals surface area contributed by atoms with Crippen LogP contribution in [0.1, 0.15) is 36.7 Å². The summed E-state index contributed by atoms with van der Waals surface area (Å²) in [6.45, 7) is 5.15. The first-order chi connectivity index (χ1) is 9.93. The first-order valence-electron chi connectivity index (χ1n) is 6.75.